The summed E-state index contributed by atoms with van der Waals surface area (Å²) in [5.41, 5.74) is 4.02. The minimum absolute atomic E-state index is 0.119. The summed E-state index contributed by atoms with van der Waals surface area (Å²) in [6.07, 6.45) is 7.52. The molecule has 11 nitrogen and oxygen atoms in total. The van der Waals surface area contributed by atoms with Crippen molar-refractivity contribution < 1.29 is 9.90 Å². The van der Waals surface area contributed by atoms with Crippen molar-refractivity contribution in [1.29, 1.82) is 10.5 Å². The fourth-order valence-corrected chi connectivity index (χ4v) is 5.37. The van der Waals surface area contributed by atoms with E-state index in [0.29, 0.717) is 35.6 Å². The van der Waals surface area contributed by atoms with Crippen molar-refractivity contribution in [2.24, 2.45) is 0 Å². The Labute approximate surface area is 231 Å². The van der Waals surface area contributed by atoms with Crippen molar-refractivity contribution in [3.63, 3.8) is 0 Å². The summed E-state index contributed by atoms with van der Waals surface area (Å²) in [5, 5.41) is 46.3. The Morgan fingerprint density at radius 3 is 2.52 bits per heavy atom. The topological polar surface area (TPSA) is 150 Å². The zero-order valence-electron chi connectivity index (χ0n) is 22.0. The second kappa shape index (κ2) is 12.2. The Morgan fingerprint density at radius 1 is 0.975 bits per heavy atom. The number of carbonyl (C=O) groups is 1. The molecular formula is C29H29N9O2. The summed E-state index contributed by atoms with van der Waals surface area (Å²) >= 11 is 0. The highest BCUT2D eigenvalue weighted by Gasteiger charge is 2.35. The lowest BCUT2D eigenvalue weighted by Gasteiger charge is -2.37. The van der Waals surface area contributed by atoms with Crippen molar-refractivity contribution >= 4 is 6.09 Å². The summed E-state index contributed by atoms with van der Waals surface area (Å²) in [6.45, 7) is 0.783. The van der Waals surface area contributed by atoms with E-state index in [1.54, 1.807) is 40.0 Å². The highest BCUT2D eigenvalue weighted by atomic mass is 16.4. The Hall–Kier alpha value is -5.03. The van der Waals surface area contributed by atoms with Crippen LogP contribution in [0.25, 0.3) is 0 Å². The third-order valence-corrected chi connectivity index (χ3v) is 7.28. The van der Waals surface area contributed by atoms with Crippen LogP contribution in [0.3, 0.4) is 0 Å². The van der Waals surface area contributed by atoms with E-state index in [4.69, 9.17) is 0 Å². The van der Waals surface area contributed by atoms with Crippen molar-refractivity contribution in [2.45, 2.75) is 63.7 Å². The highest BCUT2D eigenvalue weighted by Crippen LogP contribution is 2.32. The van der Waals surface area contributed by atoms with Gasteiger partial charge in [-0.15, -0.1) is 10.2 Å². The van der Waals surface area contributed by atoms with Crippen LogP contribution in [0, 0.1) is 22.7 Å². The molecule has 1 atom stereocenters. The number of rotatable bonds is 9. The average Bonchev–Trinajstić information content (AvgIpc) is 3.63. The number of benzene rings is 2. The molecule has 4 aromatic rings. The van der Waals surface area contributed by atoms with Gasteiger partial charge in [0.2, 0.25) is 0 Å². The zero-order chi connectivity index (χ0) is 27.9. The fourth-order valence-electron chi connectivity index (χ4n) is 5.37. The van der Waals surface area contributed by atoms with Gasteiger partial charge in [0.1, 0.15) is 5.69 Å². The number of carboxylic acid groups (broad SMARTS) is 1. The van der Waals surface area contributed by atoms with Crippen LogP contribution in [0.4, 0.5) is 4.79 Å². The highest BCUT2D eigenvalue weighted by molar-refractivity contribution is 5.66. The Morgan fingerprint density at radius 2 is 1.75 bits per heavy atom. The molecular weight excluding hydrogens is 506 g/mol. The minimum atomic E-state index is -0.997. The molecule has 1 unspecified atom stereocenters. The summed E-state index contributed by atoms with van der Waals surface area (Å²) in [4.78, 5) is 14.2. The van der Waals surface area contributed by atoms with E-state index in [9.17, 15) is 20.4 Å². The van der Waals surface area contributed by atoms with Gasteiger partial charge in [0.05, 0.1) is 54.3 Å². The number of amides is 1. The van der Waals surface area contributed by atoms with Gasteiger partial charge < -0.3 is 5.11 Å². The molecule has 0 saturated heterocycles. The van der Waals surface area contributed by atoms with E-state index in [1.807, 2.05) is 30.3 Å². The zero-order valence-corrected chi connectivity index (χ0v) is 22.0. The minimum Gasteiger partial charge on any atom is -0.465 e. The maximum absolute atomic E-state index is 12.7. The van der Waals surface area contributed by atoms with Crippen molar-refractivity contribution in [3.8, 4) is 12.1 Å². The molecule has 0 aliphatic heterocycles. The lowest BCUT2D eigenvalue weighted by molar-refractivity contribution is 0.0814. The number of hydrogen-bond donors (Lipinski definition) is 1. The van der Waals surface area contributed by atoms with Crippen LogP contribution < -0.4 is 0 Å². The first-order valence-electron chi connectivity index (χ1n) is 13.3. The predicted octanol–water partition coefficient (Wildman–Crippen LogP) is 4.31. The molecule has 1 saturated carbocycles. The first-order valence-corrected chi connectivity index (χ1v) is 13.3. The summed E-state index contributed by atoms with van der Waals surface area (Å²) in [5.74, 6) is 0. The van der Waals surface area contributed by atoms with Crippen LogP contribution in [0.2, 0.25) is 0 Å². The van der Waals surface area contributed by atoms with Gasteiger partial charge in [0, 0.05) is 18.7 Å². The summed E-state index contributed by atoms with van der Waals surface area (Å²) in [7, 11) is 0. The van der Waals surface area contributed by atoms with Crippen LogP contribution >= 0.6 is 0 Å². The largest absolute Gasteiger partial charge is 0.465 e. The molecule has 0 radical (unpaired) electrons. The fraction of sp³-hybridized carbons (Fsp3) is 0.345. The first kappa shape index (κ1) is 26.6. The maximum atomic E-state index is 12.7. The van der Waals surface area contributed by atoms with E-state index in [1.165, 1.54) is 4.90 Å². The molecule has 40 heavy (non-hydrogen) atoms. The molecule has 1 aliphatic carbocycles. The molecule has 2 heterocycles. The van der Waals surface area contributed by atoms with Crippen LogP contribution in [0.1, 0.15) is 71.8 Å². The van der Waals surface area contributed by atoms with E-state index in [0.717, 1.165) is 43.2 Å². The van der Waals surface area contributed by atoms with Gasteiger partial charge in [-0.1, -0.05) is 60.0 Å². The van der Waals surface area contributed by atoms with E-state index in [2.05, 4.69) is 32.8 Å². The molecule has 11 heteroatoms. The average molecular weight is 536 g/mol. The monoisotopic (exact) mass is 535 g/mol. The van der Waals surface area contributed by atoms with E-state index < -0.39 is 12.1 Å². The van der Waals surface area contributed by atoms with Gasteiger partial charge in [-0.3, -0.25) is 4.90 Å². The standard InChI is InChI=1S/C29H29N9O2/c30-15-21-7-6-8-22(13-21)17-36-20-27(33-35-36)28(38(29(39)40)26-11-2-1-3-12-26)14-25-19-37(34-32-25)18-24-10-5-4-9-23(24)16-31/h4-10,13,19-20,26,28H,1-3,11-12,14,17-18H2,(H,39,40). The Balaban J connectivity index is 1.42. The molecule has 1 aliphatic rings. The quantitative estimate of drug-likeness (QED) is 0.333. The van der Waals surface area contributed by atoms with E-state index >= 15 is 0 Å². The van der Waals surface area contributed by atoms with Crippen LogP contribution in [-0.2, 0) is 19.5 Å². The number of nitrogens with zero attached hydrogens (tertiary/aromatic N) is 9. The Kier molecular flexibility index (Phi) is 8.12. The maximum Gasteiger partial charge on any atom is 0.408 e. The number of hydrogen-bond acceptors (Lipinski definition) is 7. The first-order chi connectivity index (χ1) is 19.5. The normalized spacial score (nSPS) is 14.2. The second-order valence-corrected chi connectivity index (χ2v) is 10.0. The third kappa shape index (κ3) is 6.16. The van der Waals surface area contributed by atoms with Crippen LogP contribution in [0.15, 0.2) is 60.9 Å². The molecule has 1 N–H and O–H groups in total. The number of nitriles is 2. The molecule has 5 rings (SSSR count). The molecule has 2 aromatic carbocycles. The third-order valence-electron chi connectivity index (χ3n) is 7.28. The van der Waals surface area contributed by atoms with E-state index in [-0.39, 0.29) is 12.5 Å². The van der Waals surface area contributed by atoms with Gasteiger partial charge in [0.15, 0.2) is 0 Å². The predicted molar refractivity (Wildman–Crippen MR) is 144 cm³/mol. The van der Waals surface area contributed by atoms with Gasteiger partial charge in [-0.05, 0) is 42.2 Å². The molecule has 2 aromatic heterocycles. The molecule has 1 fully saturated rings. The van der Waals surface area contributed by atoms with Crippen molar-refractivity contribution in [1.82, 2.24) is 34.9 Å². The molecule has 202 valence electrons. The molecule has 0 spiro atoms. The Bertz CT molecular complexity index is 1560. The van der Waals surface area contributed by atoms with Gasteiger partial charge >= 0.3 is 6.09 Å². The van der Waals surface area contributed by atoms with Gasteiger partial charge in [-0.2, -0.15) is 10.5 Å². The van der Waals surface area contributed by atoms with Crippen molar-refractivity contribution in [2.75, 3.05) is 0 Å². The lowest BCUT2D eigenvalue weighted by Crippen LogP contribution is -2.44. The second-order valence-electron chi connectivity index (χ2n) is 10.0. The SMILES string of the molecule is N#Cc1cccc(Cn2cc(C(Cc3cn(Cc4ccccc4C#N)nn3)N(C(=O)O)C3CCCCC3)nn2)c1. The van der Waals surface area contributed by atoms with Crippen LogP contribution in [-0.4, -0.2) is 52.1 Å². The lowest BCUT2D eigenvalue weighted by atomic mass is 9.92. The van der Waals surface area contributed by atoms with Crippen molar-refractivity contribution in [3.05, 3.63) is 94.6 Å². The summed E-state index contributed by atoms with van der Waals surface area (Å²) in [6, 6.07) is 18.2. The van der Waals surface area contributed by atoms with Gasteiger partial charge in [-0.25, -0.2) is 14.2 Å². The molecule has 1 amide bonds. The number of aromatic nitrogens is 6. The van der Waals surface area contributed by atoms with Gasteiger partial charge in [0.25, 0.3) is 0 Å². The molecule has 0 bridgehead atoms. The van der Waals surface area contributed by atoms with Crippen LogP contribution in [0.5, 0.6) is 0 Å². The summed E-state index contributed by atoms with van der Waals surface area (Å²) < 4.78 is 3.32. The smallest absolute Gasteiger partial charge is 0.408 e.